The van der Waals surface area contributed by atoms with Crippen molar-refractivity contribution in [3.05, 3.63) is 0 Å². The maximum atomic E-state index is 11.3. The van der Waals surface area contributed by atoms with Gasteiger partial charge in [0.15, 0.2) is 0 Å². The molecule has 0 aliphatic carbocycles. The normalized spacial score (nSPS) is 12.5. The first-order valence-corrected chi connectivity index (χ1v) is 6.07. The fraction of sp³-hybridized carbons (Fsp3) is 0.909. The standard InChI is InChI=1S/C11H25N3O3/c1-9(12-2)5-3-4-6-13-11(17)14-10(7-15)8-16/h9-10,12,15-16H,3-8H2,1-2H3,(H2,13,14,17). The van der Waals surface area contributed by atoms with Gasteiger partial charge in [0.2, 0.25) is 0 Å². The number of hydrogen-bond acceptors (Lipinski definition) is 4. The van der Waals surface area contributed by atoms with E-state index in [9.17, 15) is 4.79 Å². The highest BCUT2D eigenvalue weighted by Crippen LogP contribution is 1.98. The van der Waals surface area contributed by atoms with Crippen LogP contribution in [0.1, 0.15) is 26.2 Å². The van der Waals surface area contributed by atoms with Crippen LogP contribution in [-0.4, -0.2) is 55.1 Å². The predicted molar refractivity (Wildman–Crippen MR) is 66.9 cm³/mol. The van der Waals surface area contributed by atoms with Crippen molar-refractivity contribution < 1.29 is 15.0 Å². The van der Waals surface area contributed by atoms with E-state index in [0.29, 0.717) is 12.6 Å². The minimum atomic E-state index is -0.584. The van der Waals surface area contributed by atoms with Gasteiger partial charge in [0.05, 0.1) is 19.3 Å². The van der Waals surface area contributed by atoms with Gasteiger partial charge in [-0.2, -0.15) is 0 Å². The minimum absolute atomic E-state index is 0.260. The zero-order chi connectivity index (χ0) is 13.1. The average Bonchev–Trinajstić information content (AvgIpc) is 2.35. The molecule has 0 saturated heterocycles. The molecule has 6 nitrogen and oxygen atoms in total. The zero-order valence-corrected chi connectivity index (χ0v) is 10.7. The first-order chi connectivity index (χ1) is 8.13. The number of hydrogen-bond donors (Lipinski definition) is 5. The van der Waals surface area contributed by atoms with Gasteiger partial charge in [-0.05, 0) is 26.8 Å². The molecule has 0 aromatic rings. The van der Waals surface area contributed by atoms with E-state index in [-0.39, 0.29) is 19.2 Å². The first kappa shape index (κ1) is 16.1. The first-order valence-electron chi connectivity index (χ1n) is 6.07. The van der Waals surface area contributed by atoms with E-state index in [1.807, 2.05) is 7.05 Å². The Morgan fingerprint density at radius 3 is 2.41 bits per heavy atom. The van der Waals surface area contributed by atoms with E-state index >= 15 is 0 Å². The number of urea groups is 1. The second-order valence-electron chi connectivity index (χ2n) is 4.15. The number of nitrogens with one attached hydrogen (secondary N) is 3. The number of amides is 2. The Bertz CT molecular complexity index is 198. The summed E-state index contributed by atoms with van der Waals surface area (Å²) in [6.07, 6.45) is 3.05. The van der Waals surface area contributed by atoms with Crippen molar-refractivity contribution in [1.82, 2.24) is 16.0 Å². The van der Waals surface area contributed by atoms with Gasteiger partial charge in [0.25, 0.3) is 0 Å². The summed E-state index contributed by atoms with van der Waals surface area (Å²) in [7, 11) is 1.93. The van der Waals surface area contributed by atoms with Crippen molar-refractivity contribution in [1.29, 1.82) is 0 Å². The molecule has 102 valence electrons. The molecule has 0 aromatic carbocycles. The van der Waals surface area contributed by atoms with Crippen LogP contribution in [0, 0.1) is 0 Å². The monoisotopic (exact) mass is 247 g/mol. The predicted octanol–water partition coefficient (Wildman–Crippen LogP) is -0.583. The number of unbranched alkanes of at least 4 members (excludes halogenated alkanes) is 1. The van der Waals surface area contributed by atoms with Gasteiger partial charge in [-0.3, -0.25) is 0 Å². The summed E-state index contributed by atoms with van der Waals surface area (Å²) in [6, 6.07) is -0.434. The van der Waals surface area contributed by atoms with Crippen molar-refractivity contribution in [2.24, 2.45) is 0 Å². The smallest absolute Gasteiger partial charge is 0.315 e. The summed E-state index contributed by atoms with van der Waals surface area (Å²) in [4.78, 5) is 11.3. The van der Waals surface area contributed by atoms with Crippen LogP contribution in [0.2, 0.25) is 0 Å². The molecule has 1 unspecified atom stereocenters. The van der Waals surface area contributed by atoms with Crippen LogP contribution < -0.4 is 16.0 Å². The Labute approximate surface area is 103 Å². The summed E-state index contributed by atoms with van der Waals surface area (Å²) in [6.45, 7) is 2.20. The SMILES string of the molecule is CNC(C)CCCCNC(=O)NC(CO)CO. The molecule has 0 aliphatic heterocycles. The van der Waals surface area contributed by atoms with Gasteiger partial charge in [-0.25, -0.2) is 4.79 Å². The van der Waals surface area contributed by atoms with Crippen molar-refractivity contribution >= 4 is 6.03 Å². The zero-order valence-electron chi connectivity index (χ0n) is 10.7. The molecule has 0 radical (unpaired) electrons. The summed E-state index contributed by atoms with van der Waals surface area (Å²) >= 11 is 0. The van der Waals surface area contributed by atoms with Crippen molar-refractivity contribution in [2.45, 2.75) is 38.3 Å². The van der Waals surface area contributed by atoms with Crippen molar-refractivity contribution in [2.75, 3.05) is 26.8 Å². The molecule has 2 amide bonds. The van der Waals surface area contributed by atoms with Crippen LogP contribution in [0.3, 0.4) is 0 Å². The Balaban J connectivity index is 3.45. The molecule has 0 bridgehead atoms. The molecule has 0 fully saturated rings. The largest absolute Gasteiger partial charge is 0.394 e. The summed E-state index contributed by atoms with van der Waals surface area (Å²) in [5.41, 5.74) is 0. The number of aliphatic hydroxyl groups excluding tert-OH is 2. The summed E-state index contributed by atoms with van der Waals surface area (Å²) in [5, 5.41) is 25.8. The lowest BCUT2D eigenvalue weighted by molar-refractivity contribution is 0.169. The molecule has 0 spiro atoms. The molecule has 17 heavy (non-hydrogen) atoms. The van der Waals surface area contributed by atoms with Crippen LogP contribution in [0.25, 0.3) is 0 Å². The van der Waals surface area contributed by atoms with E-state index in [1.54, 1.807) is 0 Å². The third kappa shape index (κ3) is 8.91. The molecule has 0 aliphatic rings. The van der Waals surface area contributed by atoms with E-state index < -0.39 is 6.04 Å². The van der Waals surface area contributed by atoms with E-state index in [2.05, 4.69) is 22.9 Å². The van der Waals surface area contributed by atoms with Crippen molar-refractivity contribution in [3.63, 3.8) is 0 Å². The highest BCUT2D eigenvalue weighted by atomic mass is 16.3. The molecule has 6 heteroatoms. The van der Waals surface area contributed by atoms with E-state index in [1.165, 1.54) is 0 Å². The second-order valence-corrected chi connectivity index (χ2v) is 4.15. The summed E-state index contributed by atoms with van der Waals surface area (Å²) < 4.78 is 0. The number of aliphatic hydroxyl groups is 2. The second kappa shape index (κ2) is 10.3. The van der Waals surface area contributed by atoms with E-state index in [4.69, 9.17) is 10.2 Å². The maximum Gasteiger partial charge on any atom is 0.315 e. The summed E-state index contributed by atoms with van der Waals surface area (Å²) in [5.74, 6) is 0. The number of carbonyl (C=O) groups excluding carboxylic acids is 1. The van der Waals surface area contributed by atoms with Crippen LogP contribution in [0.4, 0.5) is 4.79 Å². The Morgan fingerprint density at radius 2 is 1.88 bits per heavy atom. The Morgan fingerprint density at radius 1 is 1.24 bits per heavy atom. The fourth-order valence-electron chi connectivity index (χ4n) is 1.31. The molecule has 0 aromatic heterocycles. The molecule has 0 rings (SSSR count). The topological polar surface area (TPSA) is 93.6 Å². The molecule has 1 atom stereocenters. The van der Waals surface area contributed by atoms with Gasteiger partial charge in [-0.1, -0.05) is 6.42 Å². The van der Waals surface area contributed by atoms with Gasteiger partial charge in [0, 0.05) is 12.6 Å². The highest BCUT2D eigenvalue weighted by Gasteiger charge is 2.08. The molecular weight excluding hydrogens is 222 g/mol. The lowest BCUT2D eigenvalue weighted by atomic mass is 10.1. The van der Waals surface area contributed by atoms with Crippen LogP contribution in [0.5, 0.6) is 0 Å². The third-order valence-corrected chi connectivity index (χ3v) is 2.62. The van der Waals surface area contributed by atoms with Crippen LogP contribution >= 0.6 is 0 Å². The molecular formula is C11H25N3O3. The van der Waals surface area contributed by atoms with E-state index in [0.717, 1.165) is 19.3 Å². The van der Waals surface area contributed by atoms with Gasteiger partial charge >= 0.3 is 6.03 Å². The lowest BCUT2D eigenvalue weighted by Gasteiger charge is -2.14. The minimum Gasteiger partial charge on any atom is -0.394 e. The maximum absolute atomic E-state index is 11.3. The molecule has 0 saturated carbocycles. The molecule has 0 heterocycles. The van der Waals surface area contributed by atoms with Crippen LogP contribution in [-0.2, 0) is 0 Å². The van der Waals surface area contributed by atoms with Gasteiger partial charge < -0.3 is 26.2 Å². The number of rotatable bonds is 9. The third-order valence-electron chi connectivity index (χ3n) is 2.62. The highest BCUT2D eigenvalue weighted by molar-refractivity contribution is 5.74. The Hall–Kier alpha value is -0.850. The Kier molecular flexibility index (Phi) is 9.80. The fourth-order valence-corrected chi connectivity index (χ4v) is 1.31. The van der Waals surface area contributed by atoms with Crippen LogP contribution in [0.15, 0.2) is 0 Å². The molecule has 5 N–H and O–H groups in total. The quantitative estimate of drug-likeness (QED) is 0.352. The number of carbonyl (C=O) groups is 1. The average molecular weight is 247 g/mol. The van der Waals surface area contributed by atoms with Gasteiger partial charge in [0.1, 0.15) is 0 Å². The van der Waals surface area contributed by atoms with Crippen molar-refractivity contribution in [3.8, 4) is 0 Å². The van der Waals surface area contributed by atoms with Gasteiger partial charge in [-0.15, -0.1) is 0 Å². The lowest BCUT2D eigenvalue weighted by Crippen LogP contribution is -2.45.